The molecular weight excluding hydrogens is 319 g/mol. The van der Waals surface area contributed by atoms with E-state index < -0.39 is 21.4 Å². The van der Waals surface area contributed by atoms with Crippen LogP contribution in [0.4, 0.5) is 4.39 Å². The van der Waals surface area contributed by atoms with E-state index in [9.17, 15) is 17.6 Å². The highest BCUT2D eigenvalue weighted by molar-refractivity contribution is 7.89. The molecule has 1 aromatic carbocycles. The van der Waals surface area contributed by atoms with Gasteiger partial charge in [0.25, 0.3) is 0 Å². The van der Waals surface area contributed by atoms with E-state index in [2.05, 4.69) is 5.32 Å². The van der Waals surface area contributed by atoms with Crippen LogP contribution in [-0.2, 0) is 14.8 Å². The van der Waals surface area contributed by atoms with Gasteiger partial charge in [-0.05, 0) is 37.8 Å². The van der Waals surface area contributed by atoms with Crippen molar-refractivity contribution < 1.29 is 17.6 Å². The van der Waals surface area contributed by atoms with Gasteiger partial charge in [0.15, 0.2) is 0 Å². The number of nitrogens with one attached hydrogen (secondary N) is 1. The number of rotatable bonds is 3. The van der Waals surface area contributed by atoms with E-state index in [0.29, 0.717) is 32.2 Å². The van der Waals surface area contributed by atoms with Gasteiger partial charge in [0, 0.05) is 19.0 Å². The molecule has 2 aliphatic heterocycles. The van der Waals surface area contributed by atoms with Crippen LogP contribution in [0.5, 0.6) is 0 Å². The van der Waals surface area contributed by atoms with Crippen molar-refractivity contribution in [3.05, 3.63) is 30.1 Å². The van der Waals surface area contributed by atoms with Crippen LogP contribution in [0.25, 0.3) is 0 Å². The number of nitrogens with zero attached hydrogens (tertiary/aromatic N) is 1. The fraction of sp³-hybridized carbons (Fsp3) is 0.562. The SMILES string of the molecule is CC[C@H]1N(S(=O)(=O)c2ccccc2F)CCC[C@]12CCC(=O)N2. The first kappa shape index (κ1) is 16.4. The molecule has 2 heterocycles. The van der Waals surface area contributed by atoms with Crippen LogP contribution in [0.2, 0.25) is 0 Å². The molecule has 1 spiro atoms. The standard InChI is InChI=1S/C16H21FN2O3S/c1-2-14-16(10-8-15(20)18-16)9-5-11-19(14)23(21,22)13-7-4-3-6-12(13)17/h3-4,6-7,14H,2,5,8-11H2,1H3,(H,18,20)/t14-,16+/m1/s1. The van der Waals surface area contributed by atoms with Gasteiger partial charge in [-0.3, -0.25) is 4.79 Å². The largest absolute Gasteiger partial charge is 0.349 e. The van der Waals surface area contributed by atoms with Gasteiger partial charge in [-0.25, -0.2) is 12.8 Å². The highest BCUT2D eigenvalue weighted by Gasteiger charge is 2.51. The third-order valence-electron chi connectivity index (χ3n) is 4.98. The van der Waals surface area contributed by atoms with Crippen LogP contribution in [0, 0.1) is 5.82 Å². The van der Waals surface area contributed by atoms with Crippen molar-refractivity contribution in [2.45, 2.75) is 55.5 Å². The number of amides is 1. The molecule has 0 unspecified atom stereocenters. The van der Waals surface area contributed by atoms with Crippen LogP contribution in [-0.4, -0.2) is 36.8 Å². The molecule has 1 N–H and O–H groups in total. The lowest BCUT2D eigenvalue weighted by Crippen LogP contribution is -2.63. The lowest BCUT2D eigenvalue weighted by molar-refractivity contribution is -0.120. The summed E-state index contributed by atoms with van der Waals surface area (Å²) in [4.78, 5) is 11.4. The zero-order valence-electron chi connectivity index (χ0n) is 13.1. The van der Waals surface area contributed by atoms with Crippen molar-refractivity contribution in [2.24, 2.45) is 0 Å². The van der Waals surface area contributed by atoms with Crippen molar-refractivity contribution in [3.63, 3.8) is 0 Å². The first-order valence-corrected chi connectivity index (χ1v) is 9.42. The normalized spacial score (nSPS) is 29.0. The minimum Gasteiger partial charge on any atom is -0.349 e. The Morgan fingerprint density at radius 2 is 2.09 bits per heavy atom. The Morgan fingerprint density at radius 3 is 2.70 bits per heavy atom. The zero-order valence-corrected chi connectivity index (χ0v) is 13.9. The van der Waals surface area contributed by atoms with Crippen LogP contribution >= 0.6 is 0 Å². The van der Waals surface area contributed by atoms with Gasteiger partial charge >= 0.3 is 0 Å². The summed E-state index contributed by atoms with van der Waals surface area (Å²) in [7, 11) is -3.93. The predicted octanol–water partition coefficient (Wildman–Crippen LogP) is 2.04. The molecule has 5 nitrogen and oxygen atoms in total. The van der Waals surface area contributed by atoms with Gasteiger partial charge in [0.05, 0.1) is 5.54 Å². The van der Waals surface area contributed by atoms with Gasteiger partial charge in [0.1, 0.15) is 10.7 Å². The molecule has 23 heavy (non-hydrogen) atoms. The van der Waals surface area contributed by atoms with Crippen molar-refractivity contribution in [1.82, 2.24) is 9.62 Å². The topological polar surface area (TPSA) is 66.5 Å². The maximum atomic E-state index is 14.0. The van der Waals surface area contributed by atoms with Crippen LogP contribution < -0.4 is 5.32 Å². The third kappa shape index (κ3) is 2.65. The number of benzene rings is 1. The van der Waals surface area contributed by atoms with Gasteiger partial charge in [-0.15, -0.1) is 0 Å². The molecule has 7 heteroatoms. The monoisotopic (exact) mass is 340 g/mol. The van der Waals surface area contributed by atoms with Gasteiger partial charge < -0.3 is 5.32 Å². The maximum absolute atomic E-state index is 14.0. The van der Waals surface area contributed by atoms with Crippen molar-refractivity contribution in [2.75, 3.05) is 6.54 Å². The first-order chi connectivity index (χ1) is 10.9. The number of piperidine rings is 1. The minimum absolute atomic E-state index is 0.0337. The fourth-order valence-corrected chi connectivity index (χ4v) is 5.86. The molecule has 1 amide bonds. The van der Waals surface area contributed by atoms with Crippen molar-refractivity contribution in [1.29, 1.82) is 0 Å². The third-order valence-corrected chi connectivity index (χ3v) is 6.92. The summed E-state index contributed by atoms with van der Waals surface area (Å²) in [5, 5.41) is 3.00. The summed E-state index contributed by atoms with van der Waals surface area (Å²) in [6, 6.07) is 5.11. The summed E-state index contributed by atoms with van der Waals surface area (Å²) < 4.78 is 41.4. The summed E-state index contributed by atoms with van der Waals surface area (Å²) >= 11 is 0. The summed E-state index contributed by atoms with van der Waals surface area (Å²) in [6.07, 6.45) is 3.05. The molecule has 3 rings (SSSR count). The summed E-state index contributed by atoms with van der Waals surface area (Å²) in [5.41, 5.74) is -0.511. The Hall–Kier alpha value is -1.47. The van der Waals surface area contributed by atoms with Gasteiger partial charge in [-0.2, -0.15) is 4.31 Å². The van der Waals surface area contributed by atoms with Crippen LogP contribution in [0.3, 0.4) is 0 Å². The van der Waals surface area contributed by atoms with Gasteiger partial charge in [0.2, 0.25) is 15.9 Å². The average molecular weight is 340 g/mol. The molecule has 2 fully saturated rings. The lowest BCUT2D eigenvalue weighted by Gasteiger charge is -2.47. The Balaban J connectivity index is 2.01. The average Bonchev–Trinajstić information content (AvgIpc) is 2.88. The second kappa shape index (κ2) is 5.87. The molecule has 2 atom stereocenters. The maximum Gasteiger partial charge on any atom is 0.246 e. The van der Waals surface area contributed by atoms with E-state index in [1.807, 2.05) is 6.92 Å². The molecule has 0 saturated carbocycles. The highest BCUT2D eigenvalue weighted by atomic mass is 32.2. The molecular formula is C16H21FN2O3S. The number of sulfonamides is 1. The quantitative estimate of drug-likeness (QED) is 0.916. The van der Waals surface area contributed by atoms with E-state index in [1.54, 1.807) is 0 Å². The van der Waals surface area contributed by atoms with E-state index in [1.165, 1.54) is 22.5 Å². The smallest absolute Gasteiger partial charge is 0.246 e. The Bertz CT molecular complexity index is 722. The summed E-state index contributed by atoms with van der Waals surface area (Å²) in [5.74, 6) is -0.772. The second-order valence-corrected chi connectivity index (χ2v) is 8.14. The highest BCUT2D eigenvalue weighted by Crippen LogP contribution is 2.39. The van der Waals surface area contributed by atoms with E-state index >= 15 is 0 Å². The molecule has 0 radical (unpaired) electrons. The first-order valence-electron chi connectivity index (χ1n) is 7.98. The molecule has 0 bridgehead atoms. The van der Waals surface area contributed by atoms with Crippen molar-refractivity contribution >= 4 is 15.9 Å². The lowest BCUT2D eigenvalue weighted by atomic mass is 9.80. The number of hydrogen-bond donors (Lipinski definition) is 1. The van der Waals surface area contributed by atoms with E-state index in [4.69, 9.17) is 0 Å². The number of carbonyl (C=O) groups excluding carboxylic acids is 1. The van der Waals surface area contributed by atoms with Crippen molar-refractivity contribution in [3.8, 4) is 0 Å². The molecule has 1 aromatic rings. The number of hydrogen-bond acceptors (Lipinski definition) is 3. The van der Waals surface area contributed by atoms with E-state index in [0.717, 1.165) is 12.5 Å². The molecule has 0 aromatic heterocycles. The Kier molecular flexibility index (Phi) is 4.18. The van der Waals surface area contributed by atoms with Crippen LogP contribution in [0.1, 0.15) is 39.0 Å². The minimum atomic E-state index is -3.93. The molecule has 2 saturated heterocycles. The molecule has 126 valence electrons. The second-order valence-electron chi connectivity index (χ2n) is 6.28. The number of halogens is 1. The molecule has 2 aliphatic rings. The van der Waals surface area contributed by atoms with Crippen LogP contribution in [0.15, 0.2) is 29.2 Å². The number of carbonyl (C=O) groups is 1. The van der Waals surface area contributed by atoms with Gasteiger partial charge in [-0.1, -0.05) is 19.1 Å². The summed E-state index contributed by atoms with van der Waals surface area (Å²) in [6.45, 7) is 2.26. The fourth-order valence-electron chi connectivity index (χ4n) is 3.99. The Labute approximate surface area is 135 Å². The predicted molar refractivity (Wildman–Crippen MR) is 83.7 cm³/mol. The van der Waals surface area contributed by atoms with E-state index in [-0.39, 0.29) is 16.8 Å². The zero-order chi connectivity index (χ0) is 16.7. The molecule has 0 aliphatic carbocycles. The Morgan fingerprint density at radius 1 is 1.35 bits per heavy atom.